The van der Waals surface area contributed by atoms with Crippen LogP contribution < -0.4 is 9.62 Å². The molecule has 1 atom stereocenters. The lowest BCUT2D eigenvalue weighted by Crippen LogP contribution is -2.30. The Kier molecular flexibility index (Phi) is 5.56. The fourth-order valence-corrected chi connectivity index (χ4v) is 3.91. The second-order valence-electron chi connectivity index (χ2n) is 6.59. The van der Waals surface area contributed by atoms with Gasteiger partial charge in [-0.2, -0.15) is 0 Å². The minimum atomic E-state index is -3.41. The van der Waals surface area contributed by atoms with Gasteiger partial charge in [0.05, 0.1) is 23.2 Å². The van der Waals surface area contributed by atoms with E-state index < -0.39 is 39.6 Å². The molecule has 29 heavy (non-hydrogen) atoms. The summed E-state index contributed by atoms with van der Waals surface area (Å²) in [5, 5.41) is 2.17. The van der Waals surface area contributed by atoms with E-state index in [1.54, 1.807) is 0 Å². The van der Waals surface area contributed by atoms with E-state index in [0.717, 1.165) is 24.5 Å². The van der Waals surface area contributed by atoms with Gasteiger partial charge in [-0.05, 0) is 49.2 Å². The molecule has 2 aromatic carbocycles. The molecule has 0 radical (unpaired) electrons. The molecule has 1 heterocycles. The first-order chi connectivity index (χ1) is 13.6. The number of hydrogen-bond acceptors (Lipinski definition) is 5. The highest BCUT2D eigenvalue weighted by Crippen LogP contribution is 2.31. The monoisotopic (exact) mass is 424 g/mol. The van der Waals surface area contributed by atoms with Gasteiger partial charge in [0.2, 0.25) is 10.0 Å². The summed E-state index contributed by atoms with van der Waals surface area (Å²) >= 11 is 0. The lowest BCUT2D eigenvalue weighted by atomic mass is 10.1. The molecule has 2 aromatic rings. The van der Waals surface area contributed by atoms with E-state index in [9.17, 15) is 26.8 Å². The summed E-state index contributed by atoms with van der Waals surface area (Å²) in [6.07, 6.45) is 0.274. The van der Waals surface area contributed by atoms with Crippen LogP contribution in [0.2, 0.25) is 0 Å². The third-order valence-corrected chi connectivity index (χ3v) is 5.59. The van der Waals surface area contributed by atoms with Crippen LogP contribution in [0, 0.1) is 11.6 Å². The number of ether oxygens (including phenoxy) is 1. The fraction of sp³-hybridized carbons (Fsp3) is 0.263. The van der Waals surface area contributed by atoms with E-state index in [0.29, 0.717) is 17.7 Å². The number of carbonyl (C=O) groups is 2. The highest BCUT2D eigenvalue weighted by atomic mass is 32.2. The zero-order valence-corrected chi connectivity index (χ0v) is 16.4. The largest absolute Gasteiger partial charge is 0.449 e. The molecule has 0 fully saturated rings. The molecule has 1 aliphatic heterocycles. The number of benzene rings is 2. The highest BCUT2D eigenvalue weighted by molar-refractivity contribution is 7.92. The van der Waals surface area contributed by atoms with Crippen LogP contribution in [0.3, 0.4) is 0 Å². The molecule has 1 amide bonds. The van der Waals surface area contributed by atoms with Crippen LogP contribution in [-0.4, -0.2) is 39.2 Å². The van der Waals surface area contributed by atoms with Gasteiger partial charge in [-0.25, -0.2) is 22.0 Å². The highest BCUT2D eigenvalue weighted by Gasteiger charge is 2.27. The molecule has 0 aliphatic carbocycles. The SMILES string of the molecule is C[C@@H](OC(=O)c1ccc2c(c1)CCN2S(C)(=O)=O)C(=O)Nc1cc(F)ccc1F. The van der Waals surface area contributed by atoms with Crippen LogP contribution in [0.25, 0.3) is 0 Å². The van der Waals surface area contributed by atoms with Crippen molar-refractivity contribution in [3.8, 4) is 0 Å². The molecule has 10 heteroatoms. The first-order valence-electron chi connectivity index (χ1n) is 8.64. The van der Waals surface area contributed by atoms with E-state index in [1.807, 2.05) is 0 Å². The Hall–Kier alpha value is -3.01. The van der Waals surface area contributed by atoms with Gasteiger partial charge < -0.3 is 10.1 Å². The number of sulfonamides is 1. The molecule has 7 nitrogen and oxygen atoms in total. The summed E-state index contributed by atoms with van der Waals surface area (Å²) in [5.74, 6) is -3.18. The third kappa shape index (κ3) is 4.53. The number of carbonyl (C=O) groups excluding carboxylic acids is 2. The molecule has 1 N–H and O–H groups in total. The molecule has 0 bridgehead atoms. The van der Waals surface area contributed by atoms with Gasteiger partial charge in [0.1, 0.15) is 11.6 Å². The lowest BCUT2D eigenvalue weighted by Gasteiger charge is -2.17. The number of halogens is 2. The van der Waals surface area contributed by atoms with Crippen molar-refractivity contribution in [2.45, 2.75) is 19.4 Å². The standard InChI is InChI=1S/C19H18F2N2O5S/c1-11(18(24)22-16-10-14(20)4-5-15(16)21)28-19(25)13-3-6-17-12(9-13)7-8-23(17)29(2,26)27/h3-6,9-11H,7-8H2,1-2H3,(H,22,24)/t11-/m1/s1. The topological polar surface area (TPSA) is 92.8 Å². The predicted molar refractivity (Wildman–Crippen MR) is 102 cm³/mol. The van der Waals surface area contributed by atoms with E-state index >= 15 is 0 Å². The Morgan fingerprint density at radius 2 is 1.90 bits per heavy atom. The van der Waals surface area contributed by atoms with Crippen LogP contribution >= 0.6 is 0 Å². The molecule has 0 spiro atoms. The van der Waals surface area contributed by atoms with E-state index in [1.165, 1.54) is 29.4 Å². The van der Waals surface area contributed by atoms with Gasteiger partial charge in [-0.1, -0.05) is 0 Å². The Bertz CT molecular complexity index is 1090. The summed E-state index contributed by atoms with van der Waals surface area (Å²) in [6, 6.07) is 7.02. The zero-order chi connectivity index (χ0) is 21.3. The van der Waals surface area contributed by atoms with Crippen molar-refractivity contribution in [3.63, 3.8) is 0 Å². The average Bonchev–Trinajstić information content (AvgIpc) is 3.08. The number of amides is 1. The van der Waals surface area contributed by atoms with E-state index in [2.05, 4.69) is 5.32 Å². The Morgan fingerprint density at radius 3 is 2.59 bits per heavy atom. The average molecular weight is 424 g/mol. The Morgan fingerprint density at radius 1 is 1.17 bits per heavy atom. The molecule has 154 valence electrons. The number of hydrogen-bond donors (Lipinski definition) is 1. The van der Waals surface area contributed by atoms with Crippen LogP contribution in [0.1, 0.15) is 22.8 Å². The zero-order valence-electron chi connectivity index (χ0n) is 15.6. The van der Waals surface area contributed by atoms with Crippen LogP contribution in [0.5, 0.6) is 0 Å². The van der Waals surface area contributed by atoms with Crippen molar-refractivity contribution in [2.24, 2.45) is 0 Å². The van der Waals surface area contributed by atoms with E-state index in [-0.39, 0.29) is 17.8 Å². The van der Waals surface area contributed by atoms with Crippen molar-refractivity contribution in [1.29, 1.82) is 0 Å². The number of anilines is 2. The molecular weight excluding hydrogens is 406 g/mol. The van der Waals surface area contributed by atoms with Gasteiger partial charge in [-0.15, -0.1) is 0 Å². The quantitative estimate of drug-likeness (QED) is 0.745. The summed E-state index contributed by atoms with van der Waals surface area (Å²) in [4.78, 5) is 24.5. The van der Waals surface area contributed by atoms with E-state index in [4.69, 9.17) is 4.74 Å². The lowest BCUT2D eigenvalue weighted by molar-refractivity contribution is -0.123. The normalized spacial score (nSPS) is 14.3. The summed E-state index contributed by atoms with van der Waals surface area (Å²) in [5.41, 5.74) is 0.951. The Labute approximate surface area is 166 Å². The molecule has 3 rings (SSSR count). The molecule has 0 aromatic heterocycles. The number of nitrogens with zero attached hydrogens (tertiary/aromatic N) is 1. The van der Waals surface area contributed by atoms with Crippen molar-refractivity contribution >= 4 is 33.3 Å². The van der Waals surface area contributed by atoms with Crippen molar-refractivity contribution < 1.29 is 31.5 Å². The van der Waals surface area contributed by atoms with Gasteiger partial charge in [-0.3, -0.25) is 9.10 Å². The number of nitrogens with one attached hydrogen (secondary N) is 1. The first kappa shape index (κ1) is 20.7. The number of fused-ring (bicyclic) bond motifs is 1. The van der Waals surface area contributed by atoms with Crippen molar-refractivity contribution in [3.05, 3.63) is 59.2 Å². The molecule has 0 unspecified atom stereocenters. The third-order valence-electron chi connectivity index (χ3n) is 4.41. The molecule has 0 saturated heterocycles. The predicted octanol–water partition coefficient (Wildman–Crippen LogP) is 2.47. The van der Waals surface area contributed by atoms with Gasteiger partial charge in [0.15, 0.2) is 6.10 Å². The Balaban J connectivity index is 1.69. The molecule has 1 aliphatic rings. The van der Waals surface area contributed by atoms with Crippen LogP contribution in [-0.2, 0) is 26.0 Å². The summed E-state index contributed by atoms with van der Waals surface area (Å²) in [6.45, 7) is 1.58. The second-order valence-corrected chi connectivity index (χ2v) is 8.50. The second kappa shape index (κ2) is 7.78. The molecular formula is C19H18F2N2O5S. The van der Waals surface area contributed by atoms with Crippen molar-refractivity contribution in [2.75, 3.05) is 22.4 Å². The van der Waals surface area contributed by atoms with Gasteiger partial charge >= 0.3 is 5.97 Å². The summed E-state index contributed by atoms with van der Waals surface area (Å²) in [7, 11) is -3.41. The maximum atomic E-state index is 13.6. The maximum absolute atomic E-state index is 13.6. The summed E-state index contributed by atoms with van der Waals surface area (Å²) < 4.78 is 56.7. The number of rotatable bonds is 5. The van der Waals surface area contributed by atoms with Gasteiger partial charge in [0.25, 0.3) is 5.91 Å². The van der Waals surface area contributed by atoms with Crippen LogP contribution in [0.4, 0.5) is 20.2 Å². The minimum Gasteiger partial charge on any atom is -0.449 e. The smallest absolute Gasteiger partial charge is 0.338 e. The van der Waals surface area contributed by atoms with Gasteiger partial charge in [0, 0.05) is 12.6 Å². The molecule has 0 saturated carbocycles. The van der Waals surface area contributed by atoms with Crippen LogP contribution in [0.15, 0.2) is 36.4 Å². The minimum absolute atomic E-state index is 0.149. The maximum Gasteiger partial charge on any atom is 0.338 e. The fourth-order valence-electron chi connectivity index (χ4n) is 2.95. The number of esters is 1. The first-order valence-corrected chi connectivity index (χ1v) is 10.5. The van der Waals surface area contributed by atoms with Crippen molar-refractivity contribution in [1.82, 2.24) is 0 Å².